The van der Waals surface area contributed by atoms with E-state index in [0.717, 1.165) is 12.3 Å². The predicted octanol–water partition coefficient (Wildman–Crippen LogP) is 3.62. The summed E-state index contributed by atoms with van der Waals surface area (Å²) in [6, 6.07) is 0.904. The highest BCUT2D eigenvalue weighted by atomic mass is 79.9. The van der Waals surface area contributed by atoms with Gasteiger partial charge in [0.15, 0.2) is 17.2 Å². The maximum Gasteiger partial charge on any atom is 0.350 e. The highest BCUT2D eigenvalue weighted by Crippen LogP contribution is 2.35. The van der Waals surface area contributed by atoms with Gasteiger partial charge in [0.25, 0.3) is 5.79 Å². The molecule has 1 aromatic carbocycles. The lowest BCUT2D eigenvalue weighted by atomic mass is 10.2. The number of carbonyl (C=O) groups excluding carboxylic acids is 2. The molecule has 2 rings (SSSR count). The van der Waals surface area contributed by atoms with Gasteiger partial charge < -0.3 is 14.8 Å². The molecule has 0 spiro atoms. The molecule has 0 bridgehead atoms. The van der Waals surface area contributed by atoms with Crippen molar-refractivity contribution in [1.29, 1.82) is 0 Å². The molecule has 0 aliphatic carbocycles. The lowest BCUT2D eigenvalue weighted by Gasteiger charge is -2.29. The monoisotopic (exact) mass is 439 g/mol. The highest BCUT2D eigenvalue weighted by molar-refractivity contribution is 9.11. The van der Waals surface area contributed by atoms with Gasteiger partial charge in [0.2, 0.25) is 0 Å². The van der Waals surface area contributed by atoms with Crippen LogP contribution in [0, 0.1) is 11.6 Å². The van der Waals surface area contributed by atoms with E-state index in [-0.39, 0.29) is 14.6 Å². The molecule has 1 saturated heterocycles. The summed E-state index contributed by atoms with van der Waals surface area (Å²) in [6.07, 6.45) is 1.00. The largest absolute Gasteiger partial charge is 0.419 e. The van der Waals surface area contributed by atoms with Crippen molar-refractivity contribution >= 4 is 49.5 Å². The number of hydrogen-bond donors (Lipinski definition) is 1. The van der Waals surface area contributed by atoms with Gasteiger partial charge in [0.05, 0.1) is 10.2 Å². The molecule has 9 heteroatoms. The van der Waals surface area contributed by atoms with E-state index >= 15 is 0 Å². The van der Waals surface area contributed by atoms with Gasteiger partial charge >= 0.3 is 11.9 Å². The first-order valence-corrected chi connectivity index (χ1v) is 7.47. The summed E-state index contributed by atoms with van der Waals surface area (Å²) in [5.74, 6) is -5.30. The van der Waals surface area contributed by atoms with Crippen LogP contribution in [0.25, 0.3) is 0 Å². The molecule has 5 nitrogen and oxygen atoms in total. The standard InChI is InChI=1S/C13H9Br2F2NO4/c1-13(2)21-11(19)5(12(20)22-13)4-18-10-6(14)3-7(16)9(17)8(10)15/h3-4,18H,1-2H3. The lowest BCUT2D eigenvalue weighted by molar-refractivity contribution is -0.222. The van der Waals surface area contributed by atoms with Crippen molar-refractivity contribution in [3.63, 3.8) is 0 Å². The molecule has 1 aliphatic heterocycles. The van der Waals surface area contributed by atoms with Crippen molar-refractivity contribution in [3.05, 3.63) is 38.4 Å². The number of benzene rings is 1. The molecule has 1 fully saturated rings. The van der Waals surface area contributed by atoms with Gasteiger partial charge in [-0.25, -0.2) is 18.4 Å². The van der Waals surface area contributed by atoms with Gasteiger partial charge in [-0.1, -0.05) is 0 Å². The number of nitrogens with one attached hydrogen (secondary N) is 1. The first kappa shape index (κ1) is 16.9. The number of ether oxygens (including phenoxy) is 2. The third-order valence-corrected chi connectivity index (χ3v) is 3.96. The number of hydrogen-bond acceptors (Lipinski definition) is 5. The minimum atomic E-state index is -1.35. The molecule has 1 aromatic rings. The molecule has 0 atom stereocenters. The van der Waals surface area contributed by atoms with Gasteiger partial charge in [-0.2, -0.15) is 0 Å². The Bertz CT molecular complexity index is 682. The second kappa shape index (κ2) is 5.96. The summed E-state index contributed by atoms with van der Waals surface area (Å²) in [6.45, 7) is 2.82. The zero-order chi connectivity index (χ0) is 16.7. The van der Waals surface area contributed by atoms with Crippen molar-refractivity contribution in [2.24, 2.45) is 0 Å². The van der Waals surface area contributed by atoms with Crippen LogP contribution in [-0.2, 0) is 19.1 Å². The van der Waals surface area contributed by atoms with Gasteiger partial charge in [-0.05, 0) is 37.9 Å². The Morgan fingerprint density at radius 2 is 1.73 bits per heavy atom. The molecular formula is C13H9Br2F2NO4. The zero-order valence-electron chi connectivity index (χ0n) is 11.3. The van der Waals surface area contributed by atoms with Crippen molar-refractivity contribution in [1.82, 2.24) is 0 Å². The molecule has 22 heavy (non-hydrogen) atoms. The topological polar surface area (TPSA) is 64.6 Å². The fourth-order valence-electron chi connectivity index (χ4n) is 1.62. The van der Waals surface area contributed by atoms with E-state index in [1.807, 2.05) is 0 Å². The van der Waals surface area contributed by atoms with E-state index in [2.05, 4.69) is 37.2 Å². The summed E-state index contributed by atoms with van der Waals surface area (Å²) < 4.78 is 36.5. The number of carbonyl (C=O) groups is 2. The van der Waals surface area contributed by atoms with Crippen LogP contribution in [-0.4, -0.2) is 17.7 Å². The number of cyclic esters (lactones) is 2. The molecule has 0 unspecified atom stereocenters. The number of esters is 2. The molecule has 1 N–H and O–H groups in total. The Labute approximate surface area is 140 Å². The van der Waals surface area contributed by atoms with Gasteiger partial charge in [0.1, 0.15) is 0 Å². The van der Waals surface area contributed by atoms with Gasteiger partial charge in [-0.3, -0.25) is 0 Å². The van der Waals surface area contributed by atoms with Crippen LogP contribution in [0.15, 0.2) is 26.8 Å². The third-order valence-electron chi connectivity index (χ3n) is 2.59. The molecule has 0 saturated carbocycles. The minimum Gasteiger partial charge on any atom is -0.419 e. The van der Waals surface area contributed by atoms with Crippen LogP contribution in [0.1, 0.15) is 13.8 Å². The van der Waals surface area contributed by atoms with Crippen LogP contribution in [0.5, 0.6) is 0 Å². The van der Waals surface area contributed by atoms with Crippen molar-refractivity contribution in [3.8, 4) is 0 Å². The quantitative estimate of drug-likeness (QED) is 0.250. The van der Waals surface area contributed by atoms with E-state index in [0.29, 0.717) is 0 Å². The van der Waals surface area contributed by atoms with Gasteiger partial charge in [-0.15, -0.1) is 0 Å². The Balaban J connectivity index is 2.32. The Kier molecular flexibility index (Phi) is 4.57. The second-order valence-corrected chi connectivity index (χ2v) is 6.37. The number of rotatable bonds is 2. The van der Waals surface area contributed by atoms with Gasteiger partial charge in [0, 0.05) is 24.5 Å². The molecule has 0 aromatic heterocycles. The van der Waals surface area contributed by atoms with Crippen molar-refractivity contribution in [2.75, 3.05) is 5.32 Å². The molecule has 1 aliphatic rings. The average Bonchev–Trinajstić information content (AvgIpc) is 2.37. The maximum absolute atomic E-state index is 13.5. The number of anilines is 1. The van der Waals surface area contributed by atoms with Crippen molar-refractivity contribution < 1.29 is 27.8 Å². The second-order valence-electron chi connectivity index (χ2n) is 4.72. The lowest BCUT2D eigenvalue weighted by Crippen LogP contribution is -2.42. The molecule has 118 valence electrons. The van der Waals surface area contributed by atoms with E-state index in [9.17, 15) is 18.4 Å². The molecule has 1 heterocycles. The molecule has 0 amide bonds. The summed E-state index contributed by atoms with van der Waals surface area (Å²) in [5.41, 5.74) is -0.306. The Morgan fingerprint density at radius 1 is 1.18 bits per heavy atom. The normalized spacial score (nSPS) is 16.9. The first-order chi connectivity index (χ1) is 10.1. The average molecular weight is 441 g/mol. The predicted molar refractivity (Wildman–Crippen MR) is 79.7 cm³/mol. The summed E-state index contributed by atoms with van der Waals surface area (Å²) in [5, 5.41) is 2.54. The highest BCUT2D eigenvalue weighted by Gasteiger charge is 2.39. The van der Waals surface area contributed by atoms with Crippen LogP contribution >= 0.6 is 31.9 Å². The zero-order valence-corrected chi connectivity index (χ0v) is 14.5. The van der Waals surface area contributed by atoms with Crippen LogP contribution < -0.4 is 5.32 Å². The fraction of sp³-hybridized carbons (Fsp3) is 0.231. The summed E-state index contributed by atoms with van der Waals surface area (Å²) in [7, 11) is 0. The minimum absolute atomic E-state index is 0.0943. The Morgan fingerprint density at radius 3 is 2.27 bits per heavy atom. The van der Waals surface area contributed by atoms with Crippen LogP contribution in [0.4, 0.5) is 14.5 Å². The maximum atomic E-state index is 13.5. The molecular weight excluding hydrogens is 432 g/mol. The van der Waals surface area contributed by atoms with E-state index in [4.69, 9.17) is 9.47 Å². The molecule has 0 radical (unpaired) electrons. The van der Waals surface area contributed by atoms with E-state index in [1.54, 1.807) is 0 Å². The summed E-state index contributed by atoms with van der Waals surface area (Å²) in [4.78, 5) is 23.5. The van der Waals surface area contributed by atoms with E-state index < -0.39 is 34.9 Å². The smallest absolute Gasteiger partial charge is 0.350 e. The van der Waals surface area contributed by atoms with E-state index in [1.165, 1.54) is 13.8 Å². The third kappa shape index (κ3) is 3.30. The van der Waals surface area contributed by atoms with Crippen LogP contribution in [0.2, 0.25) is 0 Å². The Hall–Kier alpha value is -1.48. The summed E-state index contributed by atoms with van der Waals surface area (Å²) >= 11 is 5.93. The van der Waals surface area contributed by atoms with Crippen molar-refractivity contribution in [2.45, 2.75) is 19.6 Å². The number of halogens is 4. The van der Waals surface area contributed by atoms with Crippen LogP contribution in [0.3, 0.4) is 0 Å². The SMILES string of the molecule is CC1(C)OC(=O)C(=CNc2c(Br)cc(F)c(F)c2Br)C(=O)O1. The fourth-order valence-corrected chi connectivity index (χ4v) is 2.92. The first-order valence-electron chi connectivity index (χ1n) is 5.89.